The topological polar surface area (TPSA) is 6.48 Å². The second-order valence-electron chi connectivity index (χ2n) is 5.46. The van der Waals surface area contributed by atoms with Crippen molar-refractivity contribution in [1.29, 1.82) is 0 Å². The van der Waals surface area contributed by atoms with Gasteiger partial charge in [-0.15, -0.1) is 0 Å². The van der Waals surface area contributed by atoms with Gasteiger partial charge in [0.15, 0.2) is 0 Å². The molecule has 0 radical (unpaired) electrons. The molecule has 0 saturated carbocycles. The predicted molar refractivity (Wildman–Crippen MR) is 82.5 cm³/mol. The third kappa shape index (κ3) is 3.48. The Morgan fingerprint density at radius 2 is 1.79 bits per heavy atom. The molecule has 1 heterocycles. The molecule has 4 heteroatoms. The van der Waals surface area contributed by atoms with E-state index in [0.29, 0.717) is 12.1 Å². The molecule has 19 heavy (non-hydrogen) atoms. The van der Waals surface area contributed by atoms with Crippen LogP contribution in [0.25, 0.3) is 0 Å². The molecule has 1 fully saturated rings. The van der Waals surface area contributed by atoms with Gasteiger partial charge in [-0.05, 0) is 0 Å². The molecule has 0 bridgehead atoms. The van der Waals surface area contributed by atoms with Crippen molar-refractivity contribution in [3.8, 4) is 0 Å². The van der Waals surface area contributed by atoms with Gasteiger partial charge in [-0.2, -0.15) is 0 Å². The SMILES string of the molecule is C[C](=[Co])N1[C@H](C)CN(c2cc(C)cc(Br)c2)C[C@@H]1C. The quantitative estimate of drug-likeness (QED) is 0.790. The van der Waals surface area contributed by atoms with Gasteiger partial charge in [-0.3, -0.25) is 0 Å². The average molecular weight is 368 g/mol. The van der Waals surface area contributed by atoms with E-state index in [1.807, 2.05) is 0 Å². The second kappa shape index (κ2) is 6.08. The Hall–Kier alpha value is -0.164. The summed E-state index contributed by atoms with van der Waals surface area (Å²) in [5, 5.41) is 0. The summed E-state index contributed by atoms with van der Waals surface area (Å²) < 4.78 is 2.26. The molecular formula is C15H21BrCoN2. The predicted octanol–water partition coefficient (Wildman–Crippen LogP) is 3.35. The fraction of sp³-hybridized carbons (Fsp3) is 0.533. The number of piperazine rings is 1. The van der Waals surface area contributed by atoms with Crippen LogP contribution in [0.1, 0.15) is 26.3 Å². The Balaban J connectivity index is 2.22. The summed E-state index contributed by atoms with van der Waals surface area (Å²) in [6.07, 6.45) is 0. The number of aryl methyl sites for hydroxylation is 1. The summed E-state index contributed by atoms with van der Waals surface area (Å²) in [7, 11) is 0. The molecule has 1 aromatic rings. The van der Waals surface area contributed by atoms with E-state index in [4.69, 9.17) is 0 Å². The number of hydrogen-bond donors (Lipinski definition) is 0. The van der Waals surface area contributed by atoms with Crippen molar-refractivity contribution in [3.05, 3.63) is 28.2 Å². The molecule has 2 atom stereocenters. The maximum atomic E-state index is 4.58. The molecule has 0 unspecified atom stereocenters. The van der Waals surface area contributed by atoms with Crippen molar-refractivity contribution in [3.63, 3.8) is 0 Å². The summed E-state index contributed by atoms with van der Waals surface area (Å²) in [4.78, 5) is 4.88. The van der Waals surface area contributed by atoms with Gasteiger partial charge >= 0.3 is 132 Å². The molecule has 1 aliphatic rings. The van der Waals surface area contributed by atoms with Crippen LogP contribution in [0.2, 0.25) is 0 Å². The maximum absolute atomic E-state index is 4.58. The van der Waals surface area contributed by atoms with Crippen LogP contribution in [0, 0.1) is 6.92 Å². The molecule has 1 saturated heterocycles. The normalized spacial score (nSPS) is 24.6. The average Bonchev–Trinajstić information content (AvgIpc) is 2.25. The molecule has 0 aliphatic carbocycles. The number of halogens is 1. The molecule has 107 valence electrons. The third-order valence-corrected chi connectivity index (χ3v) is 4.38. The Morgan fingerprint density at radius 1 is 1.21 bits per heavy atom. The summed E-state index contributed by atoms with van der Waals surface area (Å²) in [6, 6.07) is 7.59. The zero-order valence-electron chi connectivity index (χ0n) is 11.9. The molecule has 2 nitrogen and oxygen atoms in total. The Morgan fingerprint density at radius 3 is 2.26 bits per heavy atom. The van der Waals surface area contributed by atoms with E-state index in [0.717, 1.165) is 22.1 Å². The van der Waals surface area contributed by atoms with Crippen LogP contribution in [-0.2, 0) is 15.3 Å². The molecule has 0 N–H and O–H groups in total. The molecule has 0 spiro atoms. The van der Waals surface area contributed by atoms with E-state index in [9.17, 15) is 0 Å². The molecule has 1 aromatic carbocycles. The van der Waals surface area contributed by atoms with Gasteiger partial charge in [0.1, 0.15) is 0 Å². The first-order valence-corrected chi connectivity index (χ1v) is 7.97. The minimum absolute atomic E-state index is 0.485. The number of benzene rings is 1. The van der Waals surface area contributed by atoms with Crippen LogP contribution in [0.15, 0.2) is 22.7 Å². The van der Waals surface area contributed by atoms with Crippen molar-refractivity contribution < 1.29 is 15.3 Å². The number of anilines is 1. The number of nitrogens with zero attached hydrogens (tertiary/aromatic N) is 2. The fourth-order valence-electron chi connectivity index (χ4n) is 3.02. The zero-order chi connectivity index (χ0) is 14.2. The fourth-order valence-corrected chi connectivity index (χ4v) is 4.08. The first kappa shape index (κ1) is 15.2. The minimum atomic E-state index is 0.485. The van der Waals surface area contributed by atoms with Crippen molar-refractivity contribution in [1.82, 2.24) is 4.90 Å². The standard InChI is InChI=1S/C15H21BrN2.Co/c1-5-18-12(3)9-17(10-13(18)4)15-7-11(2)6-14(16)8-15;/h6-8,12-13H,9-10H2,1-4H3;/t12-,13+;. The molecular weight excluding hydrogens is 347 g/mol. The molecule has 0 aromatic heterocycles. The van der Waals surface area contributed by atoms with Crippen LogP contribution in [0.4, 0.5) is 5.69 Å². The summed E-state index contributed by atoms with van der Waals surface area (Å²) >= 11 is 8.17. The first-order valence-electron chi connectivity index (χ1n) is 6.65. The van der Waals surface area contributed by atoms with Crippen molar-refractivity contribution in [2.45, 2.75) is 39.8 Å². The van der Waals surface area contributed by atoms with Crippen LogP contribution >= 0.6 is 15.9 Å². The van der Waals surface area contributed by atoms with Gasteiger partial charge in [0.05, 0.1) is 0 Å². The Bertz CT molecular complexity index is 457. The van der Waals surface area contributed by atoms with E-state index in [1.165, 1.54) is 11.3 Å². The van der Waals surface area contributed by atoms with Crippen LogP contribution < -0.4 is 4.90 Å². The van der Waals surface area contributed by atoms with Gasteiger partial charge in [0.2, 0.25) is 0 Å². The van der Waals surface area contributed by atoms with E-state index < -0.39 is 0 Å². The van der Waals surface area contributed by atoms with Crippen LogP contribution in [0.5, 0.6) is 0 Å². The van der Waals surface area contributed by atoms with E-state index in [2.05, 4.69) is 86.9 Å². The van der Waals surface area contributed by atoms with Gasteiger partial charge in [0, 0.05) is 0 Å². The molecule has 1 aliphatic heterocycles. The Kier molecular flexibility index (Phi) is 4.87. The van der Waals surface area contributed by atoms with Crippen LogP contribution in [0.3, 0.4) is 0 Å². The van der Waals surface area contributed by atoms with Gasteiger partial charge in [-0.1, -0.05) is 0 Å². The van der Waals surface area contributed by atoms with Gasteiger partial charge < -0.3 is 0 Å². The van der Waals surface area contributed by atoms with Crippen LogP contribution in [-0.4, -0.2) is 34.7 Å². The summed E-state index contributed by atoms with van der Waals surface area (Å²) in [5.74, 6) is 0. The van der Waals surface area contributed by atoms with Gasteiger partial charge in [-0.25, -0.2) is 0 Å². The zero-order valence-corrected chi connectivity index (χ0v) is 14.5. The van der Waals surface area contributed by atoms with Crippen molar-refractivity contribution in [2.24, 2.45) is 0 Å². The summed E-state index contributed by atoms with van der Waals surface area (Å²) in [5.41, 5.74) is 2.60. The second-order valence-corrected chi connectivity index (χ2v) is 7.13. The monoisotopic (exact) mass is 367 g/mol. The van der Waals surface area contributed by atoms with E-state index >= 15 is 0 Å². The van der Waals surface area contributed by atoms with E-state index in [1.54, 1.807) is 0 Å². The number of hydrogen-bond acceptors (Lipinski definition) is 2. The Labute approximate surface area is 132 Å². The molecule has 0 amide bonds. The number of rotatable bonds is 2. The molecule has 2 rings (SSSR count). The third-order valence-electron chi connectivity index (χ3n) is 3.66. The van der Waals surface area contributed by atoms with E-state index in [-0.39, 0.29) is 0 Å². The van der Waals surface area contributed by atoms with Crippen molar-refractivity contribution >= 4 is 26.2 Å². The van der Waals surface area contributed by atoms with Crippen molar-refractivity contribution in [2.75, 3.05) is 18.0 Å². The summed E-state index contributed by atoms with van der Waals surface area (Å²) in [6.45, 7) is 10.8. The van der Waals surface area contributed by atoms with Gasteiger partial charge in [0.25, 0.3) is 0 Å². The first-order chi connectivity index (χ1) is 8.88.